The lowest BCUT2D eigenvalue weighted by atomic mass is 10.0. The van der Waals surface area contributed by atoms with Crippen LogP contribution in [0.5, 0.6) is 0 Å². The van der Waals surface area contributed by atoms with Gasteiger partial charge in [0.1, 0.15) is 12.6 Å². The molecule has 10 heteroatoms. The van der Waals surface area contributed by atoms with Crippen LogP contribution in [-0.2, 0) is 32.1 Å². The predicted octanol–water partition coefficient (Wildman–Crippen LogP) is 3.46. The van der Waals surface area contributed by atoms with Crippen LogP contribution in [-0.4, -0.2) is 41.2 Å². The Bertz CT molecular complexity index is 906. The first-order valence-corrected chi connectivity index (χ1v) is 10.5. The maximum absolute atomic E-state index is 12.6. The zero-order valence-electron chi connectivity index (χ0n) is 18.9. The second kappa shape index (κ2) is 14.0. The van der Waals surface area contributed by atoms with Crippen LogP contribution in [0.15, 0.2) is 60.7 Å². The molecule has 186 valence electrons. The van der Waals surface area contributed by atoms with Crippen LogP contribution < -0.4 is 11.1 Å². The average Bonchev–Trinajstić information content (AvgIpc) is 2.77. The van der Waals surface area contributed by atoms with Gasteiger partial charge in [-0.25, -0.2) is 9.59 Å². The Morgan fingerprint density at radius 3 is 1.88 bits per heavy atom. The Morgan fingerprint density at radius 1 is 0.971 bits per heavy atom. The van der Waals surface area contributed by atoms with E-state index >= 15 is 0 Å². The second-order valence-corrected chi connectivity index (χ2v) is 7.88. The van der Waals surface area contributed by atoms with Gasteiger partial charge >= 0.3 is 18.1 Å². The van der Waals surface area contributed by atoms with Crippen LogP contribution in [0, 0.1) is 5.92 Å². The van der Waals surface area contributed by atoms with Crippen LogP contribution in [0.3, 0.4) is 0 Å². The van der Waals surface area contributed by atoms with E-state index in [1.54, 1.807) is 0 Å². The van der Waals surface area contributed by atoms with Crippen LogP contribution in [0.25, 0.3) is 0 Å². The molecule has 0 unspecified atom stereocenters. The molecule has 0 spiro atoms. The molecule has 0 saturated heterocycles. The topological polar surface area (TPSA) is 119 Å². The summed E-state index contributed by atoms with van der Waals surface area (Å²) < 4.78 is 37.2. The average molecular weight is 482 g/mol. The van der Waals surface area contributed by atoms with Crippen molar-refractivity contribution in [3.05, 3.63) is 71.8 Å². The smallest absolute Gasteiger partial charge is 0.475 e. The maximum Gasteiger partial charge on any atom is 0.490 e. The molecule has 2 rings (SSSR count). The number of carbonyl (C=O) groups excluding carboxylic acids is 2. The maximum atomic E-state index is 12.6. The van der Waals surface area contributed by atoms with Crippen molar-refractivity contribution in [2.75, 3.05) is 0 Å². The molecule has 4 N–H and O–H groups in total. The fourth-order valence-electron chi connectivity index (χ4n) is 2.77. The number of ether oxygens (including phenoxy) is 1. The predicted molar refractivity (Wildman–Crippen MR) is 119 cm³/mol. The van der Waals surface area contributed by atoms with Gasteiger partial charge in [-0.1, -0.05) is 74.5 Å². The Labute approximate surface area is 196 Å². The van der Waals surface area contributed by atoms with Crippen LogP contribution >= 0.6 is 0 Å². The normalized spacial score (nSPS) is 12.7. The number of nitrogens with one attached hydrogen (secondary N) is 1. The largest absolute Gasteiger partial charge is 0.490 e. The van der Waals surface area contributed by atoms with Crippen LogP contribution in [0.2, 0.25) is 0 Å². The van der Waals surface area contributed by atoms with Crippen molar-refractivity contribution in [1.82, 2.24) is 5.32 Å². The number of carboxylic acid groups (broad SMARTS) is 1. The SMILES string of the molecule is CC(C)C[C@@H](N)C(=O)N[C@@H](Cc1ccccc1)C(=O)OCc1ccccc1.O=C(O)C(F)(F)F. The molecule has 2 aromatic rings. The van der Waals surface area contributed by atoms with Crippen molar-refractivity contribution in [1.29, 1.82) is 0 Å². The van der Waals surface area contributed by atoms with Gasteiger partial charge in [-0.15, -0.1) is 0 Å². The molecule has 0 fully saturated rings. The summed E-state index contributed by atoms with van der Waals surface area (Å²) in [7, 11) is 0. The number of alkyl halides is 3. The van der Waals surface area contributed by atoms with Crippen molar-refractivity contribution in [2.24, 2.45) is 11.7 Å². The number of carboxylic acids is 1. The summed E-state index contributed by atoms with van der Waals surface area (Å²) in [5.74, 6) is -3.26. The third kappa shape index (κ3) is 11.5. The molecule has 0 aliphatic heterocycles. The molecule has 0 heterocycles. The van der Waals surface area contributed by atoms with Gasteiger partial charge in [-0.05, 0) is 23.5 Å². The van der Waals surface area contributed by atoms with E-state index in [2.05, 4.69) is 5.32 Å². The zero-order valence-corrected chi connectivity index (χ0v) is 18.9. The number of esters is 1. The van der Waals surface area contributed by atoms with Gasteiger partial charge in [0.05, 0.1) is 6.04 Å². The molecule has 0 radical (unpaired) electrons. The molecule has 0 bridgehead atoms. The summed E-state index contributed by atoms with van der Waals surface area (Å²) >= 11 is 0. The molecule has 0 saturated carbocycles. The van der Waals surface area contributed by atoms with Crippen molar-refractivity contribution in [3.8, 4) is 0 Å². The summed E-state index contributed by atoms with van der Waals surface area (Å²) in [5.41, 5.74) is 7.80. The quantitative estimate of drug-likeness (QED) is 0.471. The number of aliphatic carboxylic acids is 1. The Kier molecular flexibility index (Phi) is 11.8. The minimum atomic E-state index is -5.08. The molecular weight excluding hydrogens is 453 g/mol. The molecule has 2 atom stereocenters. The number of rotatable bonds is 9. The number of nitrogens with two attached hydrogens (primary N) is 1. The highest BCUT2D eigenvalue weighted by Gasteiger charge is 2.38. The summed E-state index contributed by atoms with van der Waals surface area (Å²) in [5, 5.41) is 9.89. The van der Waals surface area contributed by atoms with Gasteiger partial charge in [0.2, 0.25) is 5.91 Å². The summed E-state index contributed by atoms with van der Waals surface area (Å²) in [6.45, 7) is 4.17. The number of hydrogen-bond donors (Lipinski definition) is 3. The van der Waals surface area contributed by atoms with Crippen LogP contribution in [0.4, 0.5) is 13.2 Å². The van der Waals surface area contributed by atoms with Gasteiger partial charge in [0.15, 0.2) is 0 Å². The van der Waals surface area contributed by atoms with E-state index in [0.29, 0.717) is 18.8 Å². The van der Waals surface area contributed by atoms with Gasteiger partial charge in [-0.3, -0.25) is 4.79 Å². The first kappa shape index (κ1) is 28.6. The molecule has 34 heavy (non-hydrogen) atoms. The van der Waals surface area contributed by atoms with E-state index in [1.807, 2.05) is 74.5 Å². The molecule has 2 aromatic carbocycles. The molecule has 0 aromatic heterocycles. The number of benzene rings is 2. The van der Waals surface area contributed by atoms with Crippen molar-refractivity contribution in [3.63, 3.8) is 0 Å². The van der Waals surface area contributed by atoms with E-state index in [4.69, 9.17) is 20.4 Å². The van der Waals surface area contributed by atoms with Crippen molar-refractivity contribution in [2.45, 2.75) is 51.6 Å². The minimum absolute atomic E-state index is 0.166. The zero-order chi connectivity index (χ0) is 25.7. The lowest BCUT2D eigenvalue weighted by Gasteiger charge is -2.21. The Morgan fingerprint density at radius 2 is 1.44 bits per heavy atom. The fourth-order valence-corrected chi connectivity index (χ4v) is 2.77. The molecular formula is C24H29F3N2O5. The molecule has 7 nitrogen and oxygen atoms in total. The highest BCUT2D eigenvalue weighted by atomic mass is 19.4. The molecule has 0 aliphatic rings. The van der Waals surface area contributed by atoms with E-state index in [1.165, 1.54) is 0 Å². The van der Waals surface area contributed by atoms with E-state index in [-0.39, 0.29) is 12.5 Å². The number of amides is 1. The van der Waals surface area contributed by atoms with Gasteiger partial charge < -0.3 is 20.9 Å². The van der Waals surface area contributed by atoms with Gasteiger partial charge in [-0.2, -0.15) is 13.2 Å². The van der Waals surface area contributed by atoms with Gasteiger partial charge in [0, 0.05) is 6.42 Å². The number of hydrogen-bond acceptors (Lipinski definition) is 5. The summed E-state index contributed by atoms with van der Waals surface area (Å²) in [4.78, 5) is 33.9. The standard InChI is InChI=1S/C22H28N2O3.C2HF3O2/c1-16(2)13-19(23)21(25)24-20(14-17-9-5-3-6-10-17)22(26)27-15-18-11-7-4-8-12-18;3-2(4,5)1(6)7/h3-12,16,19-20H,13-15,23H2,1-2H3,(H,24,25);(H,6,7)/t19-,20+;/m1./s1. The second-order valence-electron chi connectivity index (χ2n) is 7.88. The molecule has 0 aliphatic carbocycles. The highest BCUT2D eigenvalue weighted by Crippen LogP contribution is 2.13. The monoisotopic (exact) mass is 482 g/mol. The minimum Gasteiger partial charge on any atom is -0.475 e. The van der Waals surface area contributed by atoms with Gasteiger partial charge in [0.25, 0.3) is 0 Å². The summed E-state index contributed by atoms with van der Waals surface area (Å²) in [6, 6.07) is 17.6. The third-order valence-electron chi connectivity index (χ3n) is 4.41. The number of halogens is 3. The van der Waals surface area contributed by atoms with Crippen molar-refractivity contribution < 1.29 is 37.4 Å². The van der Waals surface area contributed by atoms with E-state index < -0.39 is 30.2 Å². The highest BCUT2D eigenvalue weighted by molar-refractivity contribution is 5.87. The van der Waals surface area contributed by atoms with Crippen molar-refractivity contribution >= 4 is 17.8 Å². The van der Waals surface area contributed by atoms with E-state index in [9.17, 15) is 22.8 Å². The Balaban J connectivity index is 0.000000718. The van der Waals surface area contributed by atoms with Crippen LogP contribution in [0.1, 0.15) is 31.4 Å². The Hall–Kier alpha value is -3.40. The fraction of sp³-hybridized carbons (Fsp3) is 0.375. The third-order valence-corrected chi connectivity index (χ3v) is 4.41. The molecule has 1 amide bonds. The number of carbonyl (C=O) groups is 3. The summed E-state index contributed by atoms with van der Waals surface area (Å²) in [6.07, 6.45) is -4.17. The lowest BCUT2D eigenvalue weighted by molar-refractivity contribution is -0.192. The lowest BCUT2D eigenvalue weighted by Crippen LogP contribution is -2.50. The first-order chi connectivity index (χ1) is 15.9. The first-order valence-electron chi connectivity index (χ1n) is 10.5. The van der Waals surface area contributed by atoms with E-state index in [0.717, 1.165) is 11.1 Å².